The fourth-order valence-electron chi connectivity index (χ4n) is 21.7. The Balaban J connectivity index is 0.000000111. The number of hydrogen-bond donors (Lipinski definition) is 0. The van der Waals surface area contributed by atoms with Crippen LogP contribution in [0.2, 0.25) is 0 Å². The van der Waals surface area contributed by atoms with Gasteiger partial charge in [0.25, 0.3) is 0 Å². The number of para-hydroxylation sites is 2. The second kappa shape index (κ2) is 29.8. The molecule has 2 unspecified atom stereocenters. The average molecular weight is 1690 g/mol. The number of benzene rings is 15. The van der Waals surface area contributed by atoms with Crippen LogP contribution in [0.1, 0.15) is 122 Å². The van der Waals surface area contributed by atoms with Crippen molar-refractivity contribution in [2.75, 3.05) is 0 Å². The first-order valence-corrected chi connectivity index (χ1v) is 45.4. The Morgan fingerprint density at radius 2 is 0.692 bits per heavy atom. The molecule has 4 aliphatic carbocycles. The van der Waals surface area contributed by atoms with E-state index >= 15 is 0 Å². The summed E-state index contributed by atoms with van der Waals surface area (Å²) in [5, 5.41) is 7.12. The minimum atomic E-state index is -0.116. The van der Waals surface area contributed by atoms with Gasteiger partial charge >= 0.3 is 0 Å². The van der Waals surface area contributed by atoms with Gasteiger partial charge in [-0.25, -0.2) is 29.9 Å². The molecule has 20 aromatic rings. The van der Waals surface area contributed by atoms with Gasteiger partial charge in [-0.15, -0.1) is 0 Å². The molecule has 0 saturated carbocycles. The highest BCUT2D eigenvalue weighted by atomic mass is 16.5. The van der Waals surface area contributed by atoms with Crippen LogP contribution < -0.4 is 4.74 Å². The lowest BCUT2D eigenvalue weighted by Gasteiger charge is -2.55. The maximum Gasteiger partial charge on any atom is 0.164 e. The lowest BCUT2D eigenvalue weighted by molar-refractivity contribution is 0.0673. The number of nitrogens with zero attached hydrogens (tertiary/aromatic N) is 7. The SMILES string of the molecule is CC1(C)c2ccccc2-c2c(ccc3oc4ccc(-c5nc(-c6ccccc6)nc(-c6ccccc6)n5)cc4c23)C1(C)C.CC1(C)c2ccccc2-c2ccc3c(oc4ccc(-c5ccc(-n6c7ccccc7c7ccccc76)cc5)cc43)c2C1(C)C.CC1(C)c2ccccc2C2=CC=C3c4cc(-c5nc(-c6ccccc6)nc(-c6ccccc6)n5)ccc4OC3C2C1(C)C. The minimum Gasteiger partial charge on any atom is -0.484 e. The van der Waals surface area contributed by atoms with Gasteiger partial charge in [0, 0.05) is 99.4 Å². The van der Waals surface area contributed by atoms with Gasteiger partial charge in [0.05, 0.1) is 11.0 Å². The van der Waals surface area contributed by atoms with Gasteiger partial charge in [-0.2, -0.15) is 0 Å². The first-order valence-electron chi connectivity index (χ1n) is 45.4. The Labute approximate surface area is 757 Å². The van der Waals surface area contributed by atoms with Crippen LogP contribution in [0.25, 0.3) is 184 Å². The Bertz CT molecular complexity index is 7900. The molecule has 0 spiro atoms. The Kier molecular flexibility index (Phi) is 18.3. The number of aromatic nitrogens is 7. The van der Waals surface area contributed by atoms with Gasteiger partial charge in [0.2, 0.25) is 0 Å². The Morgan fingerprint density at radius 1 is 0.269 bits per heavy atom. The number of furan rings is 2. The number of ether oxygens (including phenoxy) is 1. The summed E-state index contributed by atoms with van der Waals surface area (Å²) in [5.41, 5.74) is 32.1. The summed E-state index contributed by atoms with van der Waals surface area (Å²) in [6.07, 6.45) is 4.56. The molecule has 630 valence electrons. The van der Waals surface area contributed by atoms with Crippen LogP contribution >= 0.6 is 0 Å². The summed E-state index contributed by atoms with van der Waals surface area (Å²) in [6.45, 7) is 28.5. The summed E-state index contributed by atoms with van der Waals surface area (Å²) in [6, 6.07) is 122. The van der Waals surface area contributed by atoms with E-state index < -0.39 is 0 Å². The van der Waals surface area contributed by atoms with Crippen molar-refractivity contribution in [3.63, 3.8) is 0 Å². The maximum atomic E-state index is 6.84. The number of allylic oxidation sites excluding steroid dienone is 2. The van der Waals surface area contributed by atoms with Gasteiger partial charge in [-0.05, 0) is 179 Å². The molecule has 0 radical (unpaired) electrons. The van der Waals surface area contributed by atoms with E-state index in [0.717, 1.165) is 83.5 Å². The molecule has 2 atom stereocenters. The smallest absolute Gasteiger partial charge is 0.164 e. The topological polar surface area (TPSA) is 118 Å². The number of hydrogen-bond acceptors (Lipinski definition) is 9. The van der Waals surface area contributed by atoms with Gasteiger partial charge in [0.1, 0.15) is 34.2 Å². The summed E-state index contributed by atoms with van der Waals surface area (Å²) in [4.78, 5) is 29.6. The predicted molar refractivity (Wildman–Crippen MR) is 533 cm³/mol. The van der Waals surface area contributed by atoms with Crippen LogP contribution in [0.4, 0.5) is 0 Å². The lowest BCUT2D eigenvalue weighted by Crippen LogP contribution is -2.52. The van der Waals surface area contributed by atoms with Gasteiger partial charge in [-0.1, -0.05) is 356 Å². The Hall–Kier alpha value is -15.0. The molecular weight excluding hydrogens is 1590 g/mol. The van der Waals surface area contributed by atoms with Crippen LogP contribution in [0.5, 0.6) is 5.75 Å². The Morgan fingerprint density at radius 3 is 1.26 bits per heavy atom. The van der Waals surface area contributed by atoms with E-state index in [0.29, 0.717) is 34.9 Å². The lowest BCUT2D eigenvalue weighted by atomic mass is 9.49. The summed E-state index contributed by atoms with van der Waals surface area (Å²) < 4.78 is 22.4. The van der Waals surface area contributed by atoms with Crippen LogP contribution in [-0.4, -0.2) is 40.6 Å². The molecule has 0 N–H and O–H groups in total. The van der Waals surface area contributed by atoms with E-state index in [4.69, 9.17) is 43.5 Å². The fourth-order valence-corrected chi connectivity index (χ4v) is 21.7. The third kappa shape index (κ3) is 12.3. The molecule has 10 heteroatoms. The second-order valence-electron chi connectivity index (χ2n) is 38.8. The highest BCUT2D eigenvalue weighted by Crippen LogP contribution is 2.64. The zero-order valence-electron chi connectivity index (χ0n) is 75.1. The van der Waals surface area contributed by atoms with Gasteiger partial charge in [0.15, 0.2) is 34.9 Å². The average Bonchev–Trinajstić information content (AvgIpc) is 1.14. The zero-order valence-corrected chi connectivity index (χ0v) is 75.1. The summed E-state index contributed by atoms with van der Waals surface area (Å²) in [7, 11) is 0. The van der Waals surface area contributed by atoms with Crippen molar-refractivity contribution in [2.24, 2.45) is 11.3 Å². The van der Waals surface area contributed by atoms with E-state index in [1.807, 2.05) is 121 Å². The molecule has 0 amide bonds. The first-order chi connectivity index (χ1) is 63.0. The van der Waals surface area contributed by atoms with Crippen molar-refractivity contribution in [3.8, 4) is 113 Å². The highest BCUT2D eigenvalue weighted by Gasteiger charge is 2.57. The van der Waals surface area contributed by atoms with Gasteiger partial charge in [-0.3, -0.25) is 0 Å². The zero-order chi connectivity index (χ0) is 88.5. The maximum absolute atomic E-state index is 6.84. The molecule has 15 aromatic carbocycles. The van der Waals surface area contributed by atoms with Gasteiger partial charge < -0.3 is 18.1 Å². The molecule has 130 heavy (non-hydrogen) atoms. The number of rotatable bonds is 8. The fraction of sp³-hybridized carbons (Fsp3) is 0.167. The quantitative estimate of drug-likeness (QED) is 0.147. The summed E-state index contributed by atoms with van der Waals surface area (Å²) in [5.74, 6) is 5.05. The van der Waals surface area contributed by atoms with E-state index in [9.17, 15) is 0 Å². The molecule has 6 heterocycles. The second-order valence-corrected chi connectivity index (χ2v) is 38.8. The number of fused-ring (bicyclic) bond motifs is 24. The monoisotopic (exact) mass is 1680 g/mol. The van der Waals surface area contributed by atoms with Crippen molar-refractivity contribution in [1.82, 2.24) is 34.5 Å². The minimum absolute atomic E-state index is 0.0239. The van der Waals surface area contributed by atoms with Crippen LogP contribution in [0.3, 0.4) is 0 Å². The standard InChI is InChI=1S/C42H33NO.C39H33N3O.C39H31N3O/c1-41(2)35-14-8-5-11-29(35)32-22-23-33-34-25-27(19-24-38(34)44-40(33)39(32)42(41,3)4)26-17-20-28(21-18-26)43-36-15-9-6-12-30(36)31-13-7-10-16-37(31)43;1-38(2)31-18-12-11-17-27(31)28-20-21-29-30-23-26(19-22-32(30)43-34(29)33(28)39(38,3)4)37-41-35(24-13-7-5-8-14-24)40-36(42-37)25-15-9-6-10-16-25;1-38(2)29-18-12-11-17-27(29)33-30(39(38,3)4)20-22-32-34(33)28-23-26(19-21-31(28)43-32)37-41-35(24-13-7-5-8-14-24)40-36(42-37)25-15-9-6-10-16-25/h5-25H,1-4H3;5-23,33-34H,1-4H3;5-23H,1-4H3. The van der Waals surface area contributed by atoms with Crippen molar-refractivity contribution in [3.05, 3.63) is 397 Å². The molecule has 1 aliphatic heterocycles. The third-order valence-corrected chi connectivity index (χ3v) is 30.6. The van der Waals surface area contributed by atoms with Crippen LogP contribution in [-0.2, 0) is 27.1 Å². The molecule has 5 aliphatic rings. The molecule has 0 saturated heterocycles. The molecule has 25 rings (SSSR count). The van der Waals surface area contributed by atoms with E-state index in [-0.39, 0.29) is 44.5 Å². The molecule has 0 fully saturated rings. The van der Waals surface area contributed by atoms with Crippen molar-refractivity contribution >= 4 is 76.8 Å². The predicted octanol–water partition coefficient (Wildman–Crippen LogP) is 30.6. The van der Waals surface area contributed by atoms with Crippen molar-refractivity contribution < 1.29 is 13.6 Å². The van der Waals surface area contributed by atoms with E-state index in [2.05, 4.69) is 324 Å². The van der Waals surface area contributed by atoms with E-state index in [1.165, 1.54) is 110 Å². The molecule has 5 aromatic heterocycles. The van der Waals surface area contributed by atoms with Crippen molar-refractivity contribution in [1.29, 1.82) is 0 Å². The van der Waals surface area contributed by atoms with E-state index in [1.54, 1.807) is 0 Å². The normalized spacial score (nSPS) is 16.8. The largest absolute Gasteiger partial charge is 0.484 e. The summed E-state index contributed by atoms with van der Waals surface area (Å²) >= 11 is 0. The molecule has 10 nitrogen and oxygen atoms in total. The van der Waals surface area contributed by atoms with Crippen molar-refractivity contribution in [2.45, 2.75) is 116 Å². The van der Waals surface area contributed by atoms with Crippen LogP contribution in [0, 0.1) is 11.3 Å². The molecular formula is C120H97N7O3. The highest BCUT2D eigenvalue weighted by molar-refractivity contribution is 6.16. The molecule has 0 bridgehead atoms. The first kappa shape index (κ1) is 79.6. The third-order valence-electron chi connectivity index (χ3n) is 30.6. The van der Waals surface area contributed by atoms with Crippen LogP contribution in [0.15, 0.2) is 367 Å².